The molecular formula is C27H20N2O4S2. The quantitative estimate of drug-likeness (QED) is 0.257. The number of carbonyl (C=O) groups is 2. The first-order chi connectivity index (χ1) is 17.0. The van der Waals surface area contributed by atoms with E-state index in [1.807, 2.05) is 77.6 Å². The minimum absolute atomic E-state index is 0.0352. The lowest BCUT2D eigenvalue weighted by Crippen LogP contribution is -2.27. The van der Waals surface area contributed by atoms with Crippen LogP contribution in [-0.2, 0) is 22.6 Å². The number of hydrogen-bond acceptors (Lipinski definition) is 5. The fraction of sp³-hybridized carbons (Fsp3) is 0.0741. The molecule has 3 heterocycles. The van der Waals surface area contributed by atoms with Gasteiger partial charge in [-0.05, 0) is 59.7 Å². The average molecular weight is 501 g/mol. The van der Waals surface area contributed by atoms with Gasteiger partial charge < -0.3 is 14.1 Å². The normalized spacial score (nSPS) is 14.7. The zero-order valence-corrected chi connectivity index (χ0v) is 20.1. The number of benzene rings is 2. The van der Waals surface area contributed by atoms with Crippen LogP contribution < -0.4 is 0 Å². The van der Waals surface area contributed by atoms with E-state index in [-0.39, 0.29) is 12.3 Å². The van der Waals surface area contributed by atoms with Gasteiger partial charge in [0.2, 0.25) is 0 Å². The number of hydrogen-bond donors (Lipinski definition) is 1. The van der Waals surface area contributed by atoms with Crippen LogP contribution in [0.25, 0.3) is 23.1 Å². The van der Waals surface area contributed by atoms with Gasteiger partial charge in [0.05, 0.1) is 17.9 Å². The zero-order chi connectivity index (χ0) is 24.4. The molecule has 8 heteroatoms. The van der Waals surface area contributed by atoms with E-state index in [9.17, 15) is 9.59 Å². The van der Waals surface area contributed by atoms with Gasteiger partial charge in [0.15, 0.2) is 0 Å². The molecule has 0 spiro atoms. The van der Waals surface area contributed by atoms with Gasteiger partial charge in [-0.2, -0.15) is 0 Å². The summed E-state index contributed by atoms with van der Waals surface area (Å²) in [6.45, 7) is 0.326. The Labute approximate surface area is 211 Å². The topological polar surface area (TPSA) is 75.7 Å². The summed E-state index contributed by atoms with van der Waals surface area (Å²) in [5.74, 6) is 0.235. The van der Waals surface area contributed by atoms with Crippen LogP contribution in [0.1, 0.15) is 16.9 Å². The Morgan fingerprint density at radius 1 is 0.971 bits per heavy atom. The summed E-state index contributed by atoms with van der Waals surface area (Å²) in [4.78, 5) is 25.9. The highest BCUT2D eigenvalue weighted by atomic mass is 32.2. The van der Waals surface area contributed by atoms with Crippen molar-refractivity contribution in [1.29, 1.82) is 0 Å². The highest BCUT2D eigenvalue weighted by Crippen LogP contribution is 2.34. The largest absolute Gasteiger partial charge is 0.481 e. The standard InChI is InChI=1S/C27H20N2O4S2/c30-25(31)15-18-3-5-19(6-4-18)17-29-26(32)24(35-27(29)34)16-22-11-12-23(33-22)20-7-9-21(10-8-20)28-13-1-2-14-28/h1-14,16H,15,17H2,(H,30,31)/b24-16-. The van der Waals surface area contributed by atoms with Crippen LogP contribution in [0.15, 0.2) is 94.5 Å². The van der Waals surface area contributed by atoms with Crippen molar-refractivity contribution in [3.05, 3.63) is 107 Å². The minimum atomic E-state index is -0.880. The van der Waals surface area contributed by atoms with Crippen molar-refractivity contribution in [2.24, 2.45) is 0 Å². The number of rotatable bonds is 7. The molecule has 1 fully saturated rings. The number of carboxylic acid groups (broad SMARTS) is 1. The van der Waals surface area contributed by atoms with Crippen LogP contribution in [0.2, 0.25) is 0 Å². The van der Waals surface area contributed by atoms with Crippen molar-refractivity contribution < 1.29 is 19.1 Å². The molecule has 5 rings (SSSR count). The maximum absolute atomic E-state index is 13.0. The molecule has 0 aliphatic carbocycles. The first-order valence-corrected chi connectivity index (χ1v) is 12.1. The molecular weight excluding hydrogens is 480 g/mol. The Balaban J connectivity index is 1.28. The maximum atomic E-state index is 13.0. The number of carbonyl (C=O) groups excluding carboxylic acids is 1. The third kappa shape index (κ3) is 5.13. The lowest BCUT2D eigenvalue weighted by atomic mass is 10.1. The van der Waals surface area contributed by atoms with Crippen molar-refractivity contribution >= 4 is 46.3 Å². The third-order valence-electron chi connectivity index (χ3n) is 5.55. The van der Waals surface area contributed by atoms with Gasteiger partial charge in [0, 0.05) is 29.7 Å². The molecule has 35 heavy (non-hydrogen) atoms. The predicted molar refractivity (Wildman–Crippen MR) is 140 cm³/mol. The van der Waals surface area contributed by atoms with Gasteiger partial charge in [-0.25, -0.2) is 0 Å². The van der Waals surface area contributed by atoms with E-state index < -0.39 is 5.97 Å². The minimum Gasteiger partial charge on any atom is -0.481 e. The Morgan fingerprint density at radius 2 is 1.66 bits per heavy atom. The van der Waals surface area contributed by atoms with Gasteiger partial charge >= 0.3 is 5.97 Å². The van der Waals surface area contributed by atoms with E-state index in [0.29, 0.717) is 32.9 Å². The SMILES string of the molecule is O=C(O)Cc1ccc(CN2C(=O)/C(=C/c3ccc(-c4ccc(-n5cccc5)cc4)o3)SC2=S)cc1. The Hall–Kier alpha value is -3.88. The summed E-state index contributed by atoms with van der Waals surface area (Å²) in [7, 11) is 0. The molecule has 0 radical (unpaired) electrons. The fourth-order valence-electron chi connectivity index (χ4n) is 3.78. The summed E-state index contributed by atoms with van der Waals surface area (Å²) >= 11 is 6.68. The van der Waals surface area contributed by atoms with Crippen molar-refractivity contribution in [3.8, 4) is 17.0 Å². The molecule has 0 bridgehead atoms. The van der Waals surface area contributed by atoms with Gasteiger partial charge in [0.25, 0.3) is 5.91 Å². The molecule has 6 nitrogen and oxygen atoms in total. The molecule has 1 amide bonds. The second-order valence-corrected chi connectivity index (χ2v) is 9.67. The number of furan rings is 1. The predicted octanol–water partition coefficient (Wildman–Crippen LogP) is 5.77. The first-order valence-electron chi connectivity index (χ1n) is 10.8. The Morgan fingerprint density at radius 3 is 2.34 bits per heavy atom. The number of aromatic nitrogens is 1. The highest BCUT2D eigenvalue weighted by molar-refractivity contribution is 8.26. The first kappa shape index (κ1) is 22.9. The molecule has 1 saturated heterocycles. The molecule has 174 valence electrons. The van der Waals surface area contributed by atoms with E-state index in [0.717, 1.165) is 16.8 Å². The van der Waals surface area contributed by atoms with Crippen LogP contribution in [-0.4, -0.2) is 30.8 Å². The summed E-state index contributed by atoms with van der Waals surface area (Å²) in [6, 6.07) is 22.9. The van der Waals surface area contributed by atoms with Gasteiger partial charge in [-0.1, -0.05) is 48.2 Å². The Kier molecular flexibility index (Phi) is 6.39. The fourth-order valence-corrected chi connectivity index (χ4v) is 5.01. The average Bonchev–Trinajstić information content (AvgIpc) is 3.59. The van der Waals surface area contributed by atoms with Crippen LogP contribution >= 0.6 is 24.0 Å². The third-order valence-corrected chi connectivity index (χ3v) is 6.92. The Bertz CT molecular complexity index is 1420. The molecule has 1 aliphatic heterocycles. The molecule has 4 aromatic rings. The number of aliphatic carboxylic acids is 1. The van der Waals surface area contributed by atoms with Crippen molar-refractivity contribution in [1.82, 2.24) is 9.47 Å². The summed E-state index contributed by atoms with van der Waals surface area (Å²) < 4.78 is 8.49. The number of carboxylic acids is 1. The maximum Gasteiger partial charge on any atom is 0.307 e. The monoisotopic (exact) mass is 500 g/mol. The molecule has 0 saturated carbocycles. The molecule has 0 unspecified atom stereocenters. The summed E-state index contributed by atoms with van der Waals surface area (Å²) in [6.07, 6.45) is 5.66. The molecule has 0 atom stereocenters. The molecule has 1 aliphatic rings. The van der Waals surface area contributed by atoms with Crippen LogP contribution in [0, 0.1) is 0 Å². The molecule has 2 aromatic carbocycles. The van der Waals surface area contributed by atoms with E-state index in [2.05, 4.69) is 0 Å². The number of nitrogens with zero attached hydrogens (tertiary/aromatic N) is 2. The highest BCUT2D eigenvalue weighted by Gasteiger charge is 2.32. The lowest BCUT2D eigenvalue weighted by Gasteiger charge is -2.14. The number of thiocarbonyl (C=S) groups is 1. The number of thioether (sulfide) groups is 1. The van der Waals surface area contributed by atoms with E-state index >= 15 is 0 Å². The zero-order valence-electron chi connectivity index (χ0n) is 18.5. The lowest BCUT2D eigenvalue weighted by molar-refractivity contribution is -0.136. The van der Waals surface area contributed by atoms with E-state index in [1.54, 1.807) is 23.1 Å². The number of amides is 1. The molecule has 1 N–H and O–H groups in total. The van der Waals surface area contributed by atoms with Crippen molar-refractivity contribution in [3.63, 3.8) is 0 Å². The molecule has 2 aromatic heterocycles. The van der Waals surface area contributed by atoms with Gasteiger partial charge in [-0.15, -0.1) is 0 Å². The van der Waals surface area contributed by atoms with Gasteiger partial charge in [0.1, 0.15) is 15.8 Å². The van der Waals surface area contributed by atoms with Crippen LogP contribution in [0.4, 0.5) is 0 Å². The van der Waals surface area contributed by atoms with Crippen LogP contribution in [0.5, 0.6) is 0 Å². The van der Waals surface area contributed by atoms with Crippen LogP contribution in [0.3, 0.4) is 0 Å². The van der Waals surface area contributed by atoms with Gasteiger partial charge in [-0.3, -0.25) is 14.5 Å². The van der Waals surface area contributed by atoms with Crippen molar-refractivity contribution in [2.75, 3.05) is 0 Å². The smallest absolute Gasteiger partial charge is 0.307 e. The van der Waals surface area contributed by atoms with Crippen molar-refractivity contribution in [2.45, 2.75) is 13.0 Å². The van der Waals surface area contributed by atoms with E-state index in [4.69, 9.17) is 21.7 Å². The second-order valence-electron chi connectivity index (χ2n) is 7.99. The summed E-state index contributed by atoms with van der Waals surface area (Å²) in [5.41, 5.74) is 3.59. The second kappa shape index (κ2) is 9.77. The summed E-state index contributed by atoms with van der Waals surface area (Å²) in [5, 5.41) is 8.91. The van der Waals surface area contributed by atoms with E-state index in [1.165, 1.54) is 11.8 Å².